The van der Waals surface area contributed by atoms with Gasteiger partial charge in [0, 0.05) is 44.1 Å². The van der Waals surface area contributed by atoms with E-state index in [0.29, 0.717) is 19.4 Å². The summed E-state index contributed by atoms with van der Waals surface area (Å²) >= 11 is 0. The predicted molar refractivity (Wildman–Crippen MR) is 96.8 cm³/mol. The molecule has 1 amide bonds. The first-order valence-electron chi connectivity index (χ1n) is 9.22. The van der Waals surface area contributed by atoms with Gasteiger partial charge in [0.1, 0.15) is 18.2 Å². The van der Waals surface area contributed by atoms with Crippen LogP contribution >= 0.6 is 0 Å². The second-order valence-electron chi connectivity index (χ2n) is 7.06. The minimum absolute atomic E-state index is 0.195. The number of aryl methyl sites for hydroxylation is 3. The first kappa shape index (κ1) is 18.6. The van der Waals surface area contributed by atoms with Crippen LogP contribution in [0.3, 0.4) is 0 Å². The van der Waals surface area contributed by atoms with Crippen LogP contribution in [0.25, 0.3) is 0 Å². The summed E-state index contributed by atoms with van der Waals surface area (Å²) in [6, 6.07) is 0.263. The van der Waals surface area contributed by atoms with Crippen molar-refractivity contribution in [2.75, 3.05) is 20.2 Å². The van der Waals surface area contributed by atoms with Crippen LogP contribution in [-0.2, 0) is 22.6 Å². The van der Waals surface area contributed by atoms with Gasteiger partial charge in [0.15, 0.2) is 0 Å². The summed E-state index contributed by atoms with van der Waals surface area (Å²) in [6.07, 6.45) is 5.11. The topological polar surface area (TPSA) is 73.4 Å². The van der Waals surface area contributed by atoms with Gasteiger partial charge in [0.25, 0.3) is 0 Å². The molecule has 0 radical (unpaired) electrons. The van der Waals surface area contributed by atoms with Gasteiger partial charge in [-0.1, -0.05) is 5.16 Å². The Balaban J connectivity index is 1.65. The van der Waals surface area contributed by atoms with Gasteiger partial charge in [-0.25, -0.2) is 4.98 Å². The number of likely N-dealkylation sites (tertiary alicyclic amines) is 1. The van der Waals surface area contributed by atoms with Gasteiger partial charge in [0.2, 0.25) is 5.91 Å². The van der Waals surface area contributed by atoms with Crippen molar-refractivity contribution >= 4 is 5.91 Å². The molecule has 2 aromatic heterocycles. The van der Waals surface area contributed by atoms with Crippen LogP contribution in [0.2, 0.25) is 0 Å². The van der Waals surface area contributed by atoms with Crippen molar-refractivity contribution in [3.63, 3.8) is 0 Å². The Hall–Kier alpha value is -2.15. The lowest BCUT2D eigenvalue weighted by molar-refractivity contribution is -0.132. The third kappa shape index (κ3) is 3.82. The standard InChI is InChI=1S/C19H28N4O3/c1-13-10-20-18(12-25-4)23(13)16-6-5-9-22(11-16)19(24)8-7-17-14(2)21-26-15(17)3/h10,16H,5-9,11-12H2,1-4H3. The van der Waals surface area contributed by atoms with Gasteiger partial charge < -0.3 is 18.7 Å². The number of imidazole rings is 1. The Morgan fingerprint density at radius 3 is 2.88 bits per heavy atom. The van der Waals surface area contributed by atoms with Gasteiger partial charge in [-0.05, 0) is 40.0 Å². The molecule has 1 unspecified atom stereocenters. The third-order valence-corrected chi connectivity index (χ3v) is 5.22. The van der Waals surface area contributed by atoms with Crippen molar-refractivity contribution in [3.8, 4) is 0 Å². The second kappa shape index (κ2) is 8.03. The zero-order chi connectivity index (χ0) is 18.7. The zero-order valence-corrected chi connectivity index (χ0v) is 16.1. The minimum atomic E-state index is 0.195. The van der Waals surface area contributed by atoms with Gasteiger partial charge >= 0.3 is 0 Å². The molecule has 3 heterocycles. The van der Waals surface area contributed by atoms with E-state index in [1.807, 2.05) is 24.9 Å². The molecule has 1 fully saturated rings. The first-order valence-corrected chi connectivity index (χ1v) is 9.22. The molecule has 1 atom stereocenters. The molecule has 0 aliphatic carbocycles. The number of rotatable bonds is 6. The fourth-order valence-corrected chi connectivity index (χ4v) is 3.87. The largest absolute Gasteiger partial charge is 0.377 e. The number of carbonyl (C=O) groups is 1. The summed E-state index contributed by atoms with van der Waals surface area (Å²) in [7, 11) is 1.68. The molecule has 1 aliphatic rings. The van der Waals surface area contributed by atoms with Gasteiger partial charge in [-0.3, -0.25) is 4.79 Å². The SMILES string of the molecule is COCc1ncc(C)n1C1CCCN(C(=O)CCc2c(C)noc2C)C1. The summed E-state index contributed by atoms with van der Waals surface area (Å²) in [4.78, 5) is 19.2. The van der Waals surface area contributed by atoms with E-state index in [9.17, 15) is 4.79 Å². The van der Waals surface area contributed by atoms with Crippen LogP contribution in [0.15, 0.2) is 10.7 Å². The number of methoxy groups -OCH3 is 1. The highest BCUT2D eigenvalue weighted by Gasteiger charge is 2.27. The average molecular weight is 360 g/mol. The maximum atomic E-state index is 12.8. The van der Waals surface area contributed by atoms with Crippen molar-refractivity contribution in [3.05, 3.63) is 34.7 Å². The van der Waals surface area contributed by atoms with Crippen LogP contribution < -0.4 is 0 Å². The molecular weight excluding hydrogens is 332 g/mol. The summed E-state index contributed by atoms with van der Waals surface area (Å²) in [5, 5.41) is 3.97. The molecule has 0 N–H and O–H groups in total. The number of hydrogen-bond donors (Lipinski definition) is 0. The fourth-order valence-electron chi connectivity index (χ4n) is 3.87. The minimum Gasteiger partial charge on any atom is -0.377 e. The Morgan fingerprint density at radius 2 is 2.19 bits per heavy atom. The van der Waals surface area contributed by atoms with Crippen molar-refractivity contribution in [1.29, 1.82) is 0 Å². The highest BCUT2D eigenvalue weighted by molar-refractivity contribution is 5.76. The third-order valence-electron chi connectivity index (χ3n) is 5.22. The maximum Gasteiger partial charge on any atom is 0.222 e. The molecule has 0 bridgehead atoms. The van der Waals surface area contributed by atoms with E-state index in [1.54, 1.807) is 7.11 Å². The quantitative estimate of drug-likeness (QED) is 0.792. The molecule has 7 heteroatoms. The lowest BCUT2D eigenvalue weighted by Crippen LogP contribution is -2.41. The molecule has 0 spiro atoms. The van der Waals surface area contributed by atoms with Gasteiger partial charge in [0.05, 0.1) is 11.7 Å². The van der Waals surface area contributed by atoms with Crippen LogP contribution in [0.5, 0.6) is 0 Å². The van der Waals surface area contributed by atoms with Crippen molar-refractivity contribution in [1.82, 2.24) is 19.6 Å². The maximum absolute atomic E-state index is 12.8. The van der Waals surface area contributed by atoms with E-state index in [-0.39, 0.29) is 11.9 Å². The fraction of sp³-hybridized carbons (Fsp3) is 0.632. The lowest BCUT2D eigenvalue weighted by Gasteiger charge is -2.35. The Morgan fingerprint density at radius 1 is 1.38 bits per heavy atom. The summed E-state index contributed by atoms with van der Waals surface area (Å²) in [5.74, 6) is 1.94. The number of nitrogens with zero attached hydrogens (tertiary/aromatic N) is 4. The van der Waals surface area contributed by atoms with Crippen LogP contribution in [0.4, 0.5) is 0 Å². The van der Waals surface area contributed by atoms with Crippen molar-refractivity contribution < 1.29 is 14.1 Å². The molecule has 3 rings (SSSR count). The highest BCUT2D eigenvalue weighted by Crippen LogP contribution is 2.26. The van der Waals surface area contributed by atoms with Crippen molar-refractivity contribution in [2.24, 2.45) is 0 Å². The molecule has 2 aromatic rings. The van der Waals surface area contributed by atoms with Gasteiger partial charge in [-0.15, -0.1) is 0 Å². The van der Waals surface area contributed by atoms with E-state index >= 15 is 0 Å². The van der Waals surface area contributed by atoms with E-state index in [1.165, 1.54) is 0 Å². The molecule has 26 heavy (non-hydrogen) atoms. The molecule has 1 aliphatic heterocycles. The monoisotopic (exact) mass is 360 g/mol. The number of amides is 1. The lowest BCUT2D eigenvalue weighted by atomic mass is 10.0. The molecular formula is C19H28N4O3. The highest BCUT2D eigenvalue weighted by atomic mass is 16.5. The summed E-state index contributed by atoms with van der Waals surface area (Å²) < 4.78 is 12.7. The van der Waals surface area contributed by atoms with Crippen LogP contribution in [0, 0.1) is 20.8 Å². The Labute approximate surface area is 154 Å². The van der Waals surface area contributed by atoms with E-state index in [4.69, 9.17) is 9.26 Å². The first-order chi connectivity index (χ1) is 12.5. The normalized spacial score (nSPS) is 17.7. The van der Waals surface area contributed by atoms with Gasteiger partial charge in [-0.2, -0.15) is 0 Å². The molecule has 1 saturated heterocycles. The number of ether oxygens (including phenoxy) is 1. The van der Waals surface area contributed by atoms with Crippen molar-refractivity contribution in [2.45, 2.75) is 59.1 Å². The Bertz CT molecular complexity index is 745. The molecule has 0 saturated carbocycles. The van der Waals surface area contributed by atoms with E-state index in [2.05, 4.69) is 21.6 Å². The van der Waals surface area contributed by atoms with Crippen LogP contribution in [-0.4, -0.2) is 45.7 Å². The predicted octanol–water partition coefficient (Wildman–Crippen LogP) is 2.74. The zero-order valence-electron chi connectivity index (χ0n) is 16.1. The smallest absolute Gasteiger partial charge is 0.222 e. The van der Waals surface area contributed by atoms with Crippen LogP contribution in [0.1, 0.15) is 53.8 Å². The Kier molecular flexibility index (Phi) is 5.76. The molecule has 142 valence electrons. The number of piperidine rings is 1. The number of carbonyl (C=O) groups excluding carboxylic acids is 1. The molecule has 0 aromatic carbocycles. The van der Waals surface area contributed by atoms with E-state index in [0.717, 1.165) is 54.5 Å². The summed E-state index contributed by atoms with van der Waals surface area (Å²) in [5.41, 5.74) is 3.05. The number of aromatic nitrogens is 3. The average Bonchev–Trinajstić information content (AvgIpc) is 3.15. The molecule has 7 nitrogen and oxygen atoms in total. The number of hydrogen-bond acceptors (Lipinski definition) is 5. The van der Waals surface area contributed by atoms with E-state index < -0.39 is 0 Å². The second-order valence-corrected chi connectivity index (χ2v) is 7.06. The summed E-state index contributed by atoms with van der Waals surface area (Å²) in [6.45, 7) is 7.93.